The molecule has 2 amide bonds. The lowest BCUT2D eigenvalue weighted by molar-refractivity contribution is 0.0750. The fourth-order valence-electron chi connectivity index (χ4n) is 3.01. The first-order valence-corrected chi connectivity index (χ1v) is 8.46. The summed E-state index contributed by atoms with van der Waals surface area (Å²) in [5.74, 6) is 1.10. The zero-order valence-corrected chi connectivity index (χ0v) is 15.3. The van der Waals surface area contributed by atoms with Gasteiger partial charge in [-0.15, -0.1) is 0 Å². The molecule has 0 atom stereocenters. The van der Waals surface area contributed by atoms with Crippen LogP contribution in [-0.2, 0) is 4.74 Å². The van der Waals surface area contributed by atoms with Crippen LogP contribution in [-0.4, -0.2) is 68.8 Å². The van der Waals surface area contributed by atoms with Gasteiger partial charge in [0.05, 0.1) is 26.4 Å². The fourth-order valence-corrected chi connectivity index (χ4v) is 3.01. The van der Waals surface area contributed by atoms with E-state index >= 15 is 0 Å². The molecule has 7 nitrogen and oxygen atoms in total. The van der Waals surface area contributed by atoms with Crippen LogP contribution in [0.5, 0.6) is 11.5 Å². The number of nitrogens with zero attached hydrogens (tertiary/aromatic N) is 2. The largest absolute Gasteiger partial charge is 0.496 e. The number of methoxy groups -OCH3 is 2. The number of carbonyl (C=O) groups excluding carboxylic acids is 2. The molecule has 0 aliphatic carbocycles. The van der Waals surface area contributed by atoms with E-state index in [0.717, 1.165) is 5.56 Å². The molecule has 1 aromatic rings. The van der Waals surface area contributed by atoms with Gasteiger partial charge in [-0.05, 0) is 32.4 Å². The topological polar surface area (TPSA) is 68.3 Å². The van der Waals surface area contributed by atoms with Gasteiger partial charge in [0.25, 0.3) is 5.91 Å². The molecule has 0 bridgehead atoms. The summed E-state index contributed by atoms with van der Waals surface area (Å²) in [7, 11) is 3.13. The fraction of sp³-hybridized carbons (Fsp3) is 0.556. The van der Waals surface area contributed by atoms with Gasteiger partial charge in [-0.2, -0.15) is 0 Å². The molecule has 1 aromatic carbocycles. The molecule has 1 aliphatic rings. The van der Waals surface area contributed by atoms with Crippen molar-refractivity contribution in [3.8, 4) is 11.5 Å². The van der Waals surface area contributed by atoms with Gasteiger partial charge in [0.1, 0.15) is 11.5 Å². The molecule has 138 valence electrons. The minimum absolute atomic E-state index is 0.103. The van der Waals surface area contributed by atoms with Crippen molar-refractivity contribution in [3.63, 3.8) is 0 Å². The summed E-state index contributed by atoms with van der Waals surface area (Å²) >= 11 is 0. The summed E-state index contributed by atoms with van der Waals surface area (Å²) in [4.78, 5) is 28.2. The zero-order valence-electron chi connectivity index (χ0n) is 15.3. The smallest absolute Gasteiger partial charge is 0.409 e. The third-order valence-electron chi connectivity index (χ3n) is 4.32. The van der Waals surface area contributed by atoms with Crippen LogP contribution < -0.4 is 9.47 Å². The number of amides is 2. The number of rotatable bonds is 4. The van der Waals surface area contributed by atoms with Crippen LogP contribution in [0.4, 0.5) is 4.79 Å². The highest BCUT2D eigenvalue weighted by Crippen LogP contribution is 2.32. The maximum Gasteiger partial charge on any atom is 0.409 e. The van der Waals surface area contributed by atoms with Crippen LogP contribution in [0.3, 0.4) is 0 Å². The standard InChI is InChI=1S/C18H26N2O5/c1-5-25-18(22)20-10-6-9-19(11-12-20)17(21)14-7-8-15(23-3)13(2)16(14)24-4/h7-8H,5-6,9-12H2,1-4H3. The summed E-state index contributed by atoms with van der Waals surface area (Å²) in [6.07, 6.45) is 0.386. The van der Waals surface area contributed by atoms with Gasteiger partial charge in [-0.1, -0.05) is 0 Å². The normalized spacial score (nSPS) is 14.7. The Morgan fingerprint density at radius 1 is 1.04 bits per heavy atom. The van der Waals surface area contributed by atoms with Gasteiger partial charge >= 0.3 is 6.09 Å². The van der Waals surface area contributed by atoms with Gasteiger partial charge in [0.2, 0.25) is 0 Å². The predicted molar refractivity (Wildman–Crippen MR) is 93.4 cm³/mol. The average molecular weight is 350 g/mol. The van der Waals surface area contributed by atoms with Crippen LogP contribution in [0.2, 0.25) is 0 Å². The quantitative estimate of drug-likeness (QED) is 0.834. The Hall–Kier alpha value is -2.44. The van der Waals surface area contributed by atoms with E-state index in [1.54, 1.807) is 43.1 Å². The lowest BCUT2D eigenvalue weighted by Gasteiger charge is -2.23. The van der Waals surface area contributed by atoms with E-state index in [4.69, 9.17) is 14.2 Å². The summed E-state index contributed by atoms with van der Waals surface area (Å²) in [6, 6.07) is 3.49. The van der Waals surface area contributed by atoms with E-state index in [9.17, 15) is 9.59 Å². The zero-order chi connectivity index (χ0) is 18.4. The van der Waals surface area contributed by atoms with Crippen molar-refractivity contribution < 1.29 is 23.8 Å². The van der Waals surface area contributed by atoms with Gasteiger partial charge in [0, 0.05) is 31.7 Å². The second kappa shape index (κ2) is 8.60. The van der Waals surface area contributed by atoms with Crippen LogP contribution in [0.15, 0.2) is 12.1 Å². The Balaban J connectivity index is 2.16. The summed E-state index contributed by atoms with van der Waals surface area (Å²) in [5, 5.41) is 0. The van der Waals surface area contributed by atoms with Crippen LogP contribution in [0, 0.1) is 6.92 Å². The molecule has 0 aromatic heterocycles. The van der Waals surface area contributed by atoms with E-state index in [1.165, 1.54) is 0 Å². The first-order valence-electron chi connectivity index (χ1n) is 8.46. The molecular weight excluding hydrogens is 324 g/mol. The third kappa shape index (κ3) is 4.15. The summed E-state index contributed by atoms with van der Waals surface area (Å²) in [5.41, 5.74) is 1.30. The molecule has 1 saturated heterocycles. The highest BCUT2D eigenvalue weighted by atomic mass is 16.6. The number of hydrogen-bond donors (Lipinski definition) is 0. The lowest BCUT2D eigenvalue weighted by atomic mass is 10.1. The first kappa shape index (κ1) is 18.9. The molecule has 7 heteroatoms. The van der Waals surface area contributed by atoms with Gasteiger partial charge in [0.15, 0.2) is 0 Å². The maximum atomic E-state index is 13.0. The van der Waals surface area contributed by atoms with Crippen LogP contribution >= 0.6 is 0 Å². The average Bonchev–Trinajstić information content (AvgIpc) is 2.87. The molecule has 0 radical (unpaired) electrons. The predicted octanol–water partition coefficient (Wildman–Crippen LogP) is 2.32. The molecule has 0 saturated carbocycles. The second-order valence-electron chi connectivity index (χ2n) is 5.81. The minimum atomic E-state index is -0.324. The lowest BCUT2D eigenvalue weighted by Crippen LogP contribution is -2.37. The van der Waals surface area contributed by atoms with Crippen LogP contribution in [0.1, 0.15) is 29.3 Å². The Morgan fingerprint density at radius 2 is 1.72 bits per heavy atom. The van der Waals surface area contributed by atoms with Crippen molar-refractivity contribution >= 4 is 12.0 Å². The summed E-state index contributed by atoms with van der Waals surface area (Å²) in [6.45, 7) is 6.09. The highest BCUT2D eigenvalue weighted by Gasteiger charge is 2.26. The van der Waals surface area contributed by atoms with Crippen molar-refractivity contribution in [1.29, 1.82) is 0 Å². The van der Waals surface area contributed by atoms with Crippen LogP contribution in [0.25, 0.3) is 0 Å². The van der Waals surface area contributed by atoms with Gasteiger partial charge in [-0.25, -0.2) is 4.79 Å². The molecule has 25 heavy (non-hydrogen) atoms. The van der Waals surface area contributed by atoms with Crippen molar-refractivity contribution in [1.82, 2.24) is 9.80 Å². The molecular formula is C18H26N2O5. The molecule has 0 spiro atoms. The van der Waals surface area contributed by atoms with E-state index in [-0.39, 0.29) is 12.0 Å². The SMILES string of the molecule is CCOC(=O)N1CCCN(C(=O)c2ccc(OC)c(C)c2OC)CC1. The molecule has 2 rings (SSSR count). The third-order valence-corrected chi connectivity index (χ3v) is 4.32. The Bertz CT molecular complexity index is 632. The van der Waals surface area contributed by atoms with E-state index < -0.39 is 0 Å². The Morgan fingerprint density at radius 3 is 2.36 bits per heavy atom. The van der Waals surface area contributed by atoms with Gasteiger partial charge in [-0.3, -0.25) is 4.79 Å². The molecule has 1 aliphatic heterocycles. The summed E-state index contributed by atoms with van der Waals surface area (Å²) < 4.78 is 15.8. The minimum Gasteiger partial charge on any atom is -0.496 e. The van der Waals surface area contributed by atoms with Crippen molar-refractivity contribution in [2.24, 2.45) is 0 Å². The Kier molecular flexibility index (Phi) is 6.50. The molecule has 1 heterocycles. The Labute approximate surface area is 148 Å². The molecule has 0 unspecified atom stereocenters. The van der Waals surface area contributed by atoms with Crippen molar-refractivity contribution in [2.45, 2.75) is 20.3 Å². The van der Waals surface area contributed by atoms with Gasteiger partial charge < -0.3 is 24.0 Å². The van der Waals surface area contributed by atoms with E-state index in [2.05, 4.69) is 0 Å². The molecule has 1 fully saturated rings. The first-order chi connectivity index (χ1) is 12.0. The number of ether oxygens (including phenoxy) is 3. The number of benzene rings is 1. The molecule has 0 N–H and O–H groups in total. The van der Waals surface area contributed by atoms with E-state index in [1.807, 2.05) is 6.92 Å². The second-order valence-corrected chi connectivity index (χ2v) is 5.81. The van der Waals surface area contributed by atoms with Crippen molar-refractivity contribution in [3.05, 3.63) is 23.3 Å². The van der Waals surface area contributed by atoms with E-state index in [0.29, 0.717) is 56.3 Å². The highest BCUT2D eigenvalue weighted by molar-refractivity contribution is 5.97. The maximum absolute atomic E-state index is 13.0. The number of hydrogen-bond acceptors (Lipinski definition) is 5. The van der Waals surface area contributed by atoms with Crippen molar-refractivity contribution in [2.75, 3.05) is 47.0 Å². The number of carbonyl (C=O) groups is 2. The monoisotopic (exact) mass is 350 g/mol.